The molecule has 0 saturated carbocycles. The first-order chi connectivity index (χ1) is 13.5. The average molecular weight is 411 g/mol. The van der Waals surface area contributed by atoms with Gasteiger partial charge < -0.3 is 0 Å². The van der Waals surface area contributed by atoms with Crippen molar-refractivity contribution in [1.82, 2.24) is 0 Å². The minimum absolute atomic E-state index is 0.0644. The number of hydrogen-bond donors (Lipinski definition) is 0. The second-order valence-electron chi connectivity index (χ2n) is 7.01. The molecule has 3 rings (SSSR count). The number of benzene rings is 3. The van der Waals surface area contributed by atoms with E-state index >= 15 is 0 Å². The molecule has 2 nitrogen and oxygen atoms in total. The summed E-state index contributed by atoms with van der Waals surface area (Å²) in [6.45, 7) is 6.09. The summed E-state index contributed by atoms with van der Waals surface area (Å²) in [6.07, 6.45) is 0.768. The van der Waals surface area contributed by atoms with E-state index in [2.05, 4.69) is 6.92 Å². The van der Waals surface area contributed by atoms with Gasteiger partial charge in [-0.05, 0) is 50.1 Å². The lowest BCUT2D eigenvalue weighted by Gasteiger charge is -2.26. The smallest absolute Gasteiger partial charge is 0.126 e. The molecule has 0 unspecified atom stereocenters. The summed E-state index contributed by atoms with van der Waals surface area (Å²) >= 11 is 0. The summed E-state index contributed by atoms with van der Waals surface area (Å²) in [5.41, 5.74) is 3.31. The van der Waals surface area contributed by atoms with Gasteiger partial charge in [0.05, 0.1) is 21.6 Å². The zero-order valence-corrected chi connectivity index (χ0v) is 18.1. The third kappa shape index (κ3) is 4.68. The molecule has 0 aromatic heterocycles. The highest BCUT2D eigenvalue weighted by Gasteiger charge is 2.34. The molecule has 0 saturated heterocycles. The minimum atomic E-state index is -1.40. The highest BCUT2D eigenvalue weighted by molar-refractivity contribution is 8.03. The first kappa shape index (κ1) is 20.7. The molecule has 3 aromatic carbocycles. The molecule has 0 heterocycles. The fourth-order valence-corrected chi connectivity index (χ4v) is 7.22. The Bertz CT molecular complexity index is 891. The molecule has 3 aromatic rings. The van der Waals surface area contributed by atoms with Crippen LogP contribution >= 0.6 is 0 Å². The molecule has 4 heteroatoms. The van der Waals surface area contributed by atoms with Gasteiger partial charge in [0.1, 0.15) is 4.58 Å². The van der Waals surface area contributed by atoms with Gasteiger partial charge in [0, 0.05) is 15.7 Å². The van der Waals surface area contributed by atoms with Crippen molar-refractivity contribution in [2.24, 2.45) is 0 Å². The lowest BCUT2D eigenvalue weighted by molar-refractivity contribution is 0.637. The molecule has 0 fully saturated rings. The molecule has 0 spiro atoms. The van der Waals surface area contributed by atoms with Crippen LogP contribution in [-0.4, -0.2) is 13.0 Å². The zero-order valence-electron chi connectivity index (χ0n) is 16.5. The van der Waals surface area contributed by atoms with Crippen LogP contribution in [0.5, 0.6) is 0 Å². The van der Waals surface area contributed by atoms with Crippen molar-refractivity contribution >= 4 is 21.6 Å². The number of rotatable bonds is 7. The summed E-state index contributed by atoms with van der Waals surface area (Å²) in [5, 5.41) is 0. The Hall–Kier alpha value is -2.04. The van der Waals surface area contributed by atoms with Gasteiger partial charge in [-0.25, -0.2) is 0 Å². The van der Waals surface area contributed by atoms with Gasteiger partial charge in [-0.2, -0.15) is 0 Å². The maximum atomic E-state index is 13.6. The fourth-order valence-electron chi connectivity index (χ4n) is 3.28. The van der Waals surface area contributed by atoms with Crippen molar-refractivity contribution in [3.63, 3.8) is 0 Å². The van der Waals surface area contributed by atoms with Gasteiger partial charge in [-0.1, -0.05) is 72.6 Å². The summed E-state index contributed by atoms with van der Waals surface area (Å²) in [7, 11) is -2.79. The molecule has 0 aliphatic carbocycles. The van der Waals surface area contributed by atoms with Crippen molar-refractivity contribution in [3.8, 4) is 0 Å². The molecule has 146 valence electrons. The lowest BCUT2D eigenvalue weighted by Crippen LogP contribution is -2.29. The lowest BCUT2D eigenvalue weighted by atomic mass is 9.98. The molecule has 0 N–H and O–H groups in total. The molecular formula is C24H26O2S2. The van der Waals surface area contributed by atoms with E-state index in [1.54, 1.807) is 0 Å². The number of hydrogen-bond acceptors (Lipinski definition) is 2. The maximum Gasteiger partial charge on any atom is 0.126 e. The Morgan fingerprint density at radius 2 is 1.11 bits per heavy atom. The van der Waals surface area contributed by atoms with Crippen LogP contribution in [0.3, 0.4) is 0 Å². The standard InChI is InChI=1S/C24H26O2S2/c1-4-23(20-8-6-5-7-9-20)24(27(25)21-14-10-18(2)11-15-21)28(26)22-16-12-19(3)13-17-22/h5-17,23-24H,4H2,1-3H3/t23-,27+,28+/m1/s1. The molecule has 0 aliphatic heterocycles. The Kier molecular flexibility index (Phi) is 6.97. The number of aryl methyl sites for hydroxylation is 2. The summed E-state index contributed by atoms with van der Waals surface area (Å²) in [5.74, 6) is -0.0644. The third-order valence-corrected chi connectivity index (χ3v) is 8.95. The quantitative estimate of drug-likeness (QED) is 0.498. The molecule has 0 radical (unpaired) electrons. The van der Waals surface area contributed by atoms with Crippen molar-refractivity contribution in [2.75, 3.05) is 0 Å². The van der Waals surface area contributed by atoms with E-state index < -0.39 is 26.2 Å². The highest BCUT2D eigenvalue weighted by Crippen LogP contribution is 2.34. The van der Waals surface area contributed by atoms with E-state index in [4.69, 9.17) is 0 Å². The summed E-state index contributed by atoms with van der Waals surface area (Å²) in [6, 6.07) is 25.4. The van der Waals surface area contributed by atoms with E-state index in [0.717, 1.165) is 32.9 Å². The van der Waals surface area contributed by atoms with Gasteiger partial charge in [0.2, 0.25) is 0 Å². The molecule has 0 aliphatic rings. The molecule has 0 amide bonds. The Labute approximate surface area is 172 Å². The predicted octanol–water partition coefficient (Wildman–Crippen LogP) is 5.74. The van der Waals surface area contributed by atoms with Crippen LogP contribution in [-0.2, 0) is 21.6 Å². The Morgan fingerprint density at radius 3 is 1.50 bits per heavy atom. The Morgan fingerprint density at radius 1 is 0.679 bits per heavy atom. The molecule has 28 heavy (non-hydrogen) atoms. The summed E-state index contributed by atoms with van der Waals surface area (Å²) in [4.78, 5) is 1.45. The van der Waals surface area contributed by atoms with Crippen LogP contribution < -0.4 is 0 Å². The van der Waals surface area contributed by atoms with Crippen LogP contribution in [0.1, 0.15) is 36.0 Å². The highest BCUT2D eigenvalue weighted by atomic mass is 32.2. The second kappa shape index (κ2) is 9.44. The Balaban J connectivity index is 2.06. The SMILES string of the molecule is CC[C@H](c1ccccc1)C([S@@](=O)c1ccc(C)cc1)[S@@](=O)c1ccc(C)cc1. The molecule has 0 bridgehead atoms. The minimum Gasteiger partial charge on any atom is -0.253 e. The van der Waals surface area contributed by atoms with Gasteiger partial charge in [0.15, 0.2) is 0 Å². The first-order valence-electron chi connectivity index (χ1n) is 9.50. The average Bonchev–Trinajstić information content (AvgIpc) is 2.72. The van der Waals surface area contributed by atoms with Crippen molar-refractivity contribution in [3.05, 3.63) is 95.6 Å². The van der Waals surface area contributed by atoms with Gasteiger partial charge >= 0.3 is 0 Å². The molecule has 3 atom stereocenters. The second-order valence-corrected chi connectivity index (χ2v) is 10.5. The monoisotopic (exact) mass is 410 g/mol. The largest absolute Gasteiger partial charge is 0.253 e. The van der Waals surface area contributed by atoms with Crippen LogP contribution in [0, 0.1) is 13.8 Å². The van der Waals surface area contributed by atoms with Crippen molar-refractivity contribution < 1.29 is 8.42 Å². The van der Waals surface area contributed by atoms with Gasteiger partial charge in [-0.15, -0.1) is 0 Å². The van der Waals surface area contributed by atoms with Crippen LogP contribution in [0.2, 0.25) is 0 Å². The van der Waals surface area contributed by atoms with Crippen LogP contribution in [0.25, 0.3) is 0 Å². The summed E-state index contributed by atoms with van der Waals surface area (Å²) < 4.78 is 26.7. The third-order valence-electron chi connectivity index (χ3n) is 4.92. The van der Waals surface area contributed by atoms with Crippen molar-refractivity contribution in [1.29, 1.82) is 0 Å². The normalized spacial score (nSPS) is 14.6. The van der Waals surface area contributed by atoms with Crippen LogP contribution in [0.15, 0.2) is 88.7 Å². The van der Waals surface area contributed by atoms with E-state index in [1.165, 1.54) is 0 Å². The topological polar surface area (TPSA) is 34.1 Å². The fraction of sp³-hybridized carbons (Fsp3) is 0.250. The van der Waals surface area contributed by atoms with E-state index in [-0.39, 0.29) is 5.92 Å². The van der Waals surface area contributed by atoms with Gasteiger partial charge in [-0.3, -0.25) is 8.42 Å². The molecular weight excluding hydrogens is 384 g/mol. The zero-order chi connectivity index (χ0) is 20.1. The van der Waals surface area contributed by atoms with E-state index in [1.807, 2.05) is 92.7 Å². The van der Waals surface area contributed by atoms with E-state index in [9.17, 15) is 8.42 Å². The first-order valence-corrected chi connectivity index (χ1v) is 11.9. The van der Waals surface area contributed by atoms with E-state index in [0.29, 0.717) is 0 Å². The van der Waals surface area contributed by atoms with Crippen LogP contribution in [0.4, 0.5) is 0 Å². The van der Waals surface area contributed by atoms with Gasteiger partial charge in [0.25, 0.3) is 0 Å². The maximum absolute atomic E-state index is 13.6. The predicted molar refractivity (Wildman–Crippen MR) is 118 cm³/mol. The van der Waals surface area contributed by atoms with Crippen molar-refractivity contribution in [2.45, 2.75) is 47.5 Å².